The number of hydrogen-bond donors (Lipinski definition) is 2. The molecule has 3 heterocycles. The molecule has 0 aromatic heterocycles. The number of anilines is 1. The van der Waals surface area contributed by atoms with Crippen LogP contribution >= 0.6 is 0 Å². The summed E-state index contributed by atoms with van der Waals surface area (Å²) in [6.45, 7) is 2.16. The summed E-state index contributed by atoms with van der Waals surface area (Å²) in [5, 5.41) is 2.50. The number of likely N-dealkylation sites (tertiary alicyclic amines) is 1. The molecule has 8 heteroatoms. The molecule has 0 saturated carbocycles. The topological polar surface area (TPSA) is 81.8 Å². The summed E-state index contributed by atoms with van der Waals surface area (Å²) in [7, 11) is -1.57. The quantitative estimate of drug-likeness (QED) is 0.724. The van der Waals surface area contributed by atoms with E-state index in [1.165, 1.54) is 22.3 Å². The van der Waals surface area contributed by atoms with Gasteiger partial charge in [-0.1, -0.05) is 6.07 Å². The van der Waals surface area contributed by atoms with Gasteiger partial charge in [0.25, 0.3) is 0 Å². The number of carbonyl (C=O) groups is 1. The molecule has 3 aliphatic heterocycles. The molecule has 174 valence electrons. The van der Waals surface area contributed by atoms with E-state index >= 15 is 0 Å². The van der Waals surface area contributed by atoms with E-state index in [4.69, 9.17) is 0 Å². The highest BCUT2D eigenvalue weighted by Gasteiger charge is 2.49. The van der Waals surface area contributed by atoms with Gasteiger partial charge in [-0.2, -0.15) is 0 Å². The normalized spacial score (nSPS) is 30.1. The maximum absolute atomic E-state index is 13.2. The summed E-state index contributed by atoms with van der Waals surface area (Å²) in [6, 6.07) is 2.96. The summed E-state index contributed by atoms with van der Waals surface area (Å²) >= 11 is 0. The Labute approximate surface area is 191 Å². The molecule has 3 atom stereocenters. The SMILES string of the molecule is CN1CC(N2C3CC[C@H]2CC(S(=O)(=O)NC(=O)Nc2c4c(cc5c2CCC5)CCC4)C3)C1. The highest BCUT2D eigenvalue weighted by atomic mass is 32.2. The Hall–Kier alpha value is -1.64. The zero-order valence-corrected chi connectivity index (χ0v) is 19.7. The minimum absolute atomic E-state index is 0.331. The predicted molar refractivity (Wildman–Crippen MR) is 125 cm³/mol. The van der Waals surface area contributed by atoms with Crippen LogP contribution in [0.5, 0.6) is 0 Å². The average molecular weight is 459 g/mol. The average Bonchev–Trinajstić information content (AvgIpc) is 3.42. The fourth-order valence-electron chi connectivity index (χ4n) is 7.19. The van der Waals surface area contributed by atoms with Gasteiger partial charge in [0, 0.05) is 36.9 Å². The van der Waals surface area contributed by atoms with Crippen molar-refractivity contribution in [2.24, 2.45) is 0 Å². The summed E-state index contributed by atoms with van der Waals surface area (Å²) in [5.41, 5.74) is 5.98. The predicted octanol–water partition coefficient (Wildman–Crippen LogP) is 2.42. The Morgan fingerprint density at radius 2 is 1.53 bits per heavy atom. The molecule has 6 rings (SSSR count). The van der Waals surface area contributed by atoms with Gasteiger partial charge >= 0.3 is 6.03 Å². The third-order valence-corrected chi connectivity index (χ3v) is 10.3. The molecule has 0 spiro atoms. The number of nitrogens with zero attached hydrogens (tertiary/aromatic N) is 2. The summed E-state index contributed by atoms with van der Waals surface area (Å²) in [4.78, 5) is 17.8. The number of carbonyl (C=O) groups excluding carboxylic acids is 1. The van der Waals surface area contributed by atoms with Gasteiger partial charge in [0.05, 0.1) is 5.25 Å². The minimum Gasteiger partial charge on any atom is -0.307 e. The molecule has 32 heavy (non-hydrogen) atoms. The number of rotatable bonds is 4. The molecule has 3 saturated heterocycles. The Morgan fingerprint density at radius 1 is 0.938 bits per heavy atom. The van der Waals surface area contributed by atoms with Gasteiger partial charge in [-0.25, -0.2) is 17.9 Å². The van der Waals surface area contributed by atoms with Gasteiger partial charge in [-0.3, -0.25) is 4.90 Å². The van der Waals surface area contributed by atoms with Crippen molar-refractivity contribution in [3.8, 4) is 0 Å². The largest absolute Gasteiger partial charge is 0.332 e. The minimum atomic E-state index is -3.70. The van der Waals surface area contributed by atoms with E-state index in [1.54, 1.807) is 0 Å². The number of likely N-dealkylation sites (N-methyl/N-ethyl adjacent to an activating group) is 1. The molecule has 2 unspecified atom stereocenters. The molecule has 1 aromatic carbocycles. The highest BCUT2D eigenvalue weighted by Crippen LogP contribution is 2.41. The van der Waals surface area contributed by atoms with E-state index in [-0.39, 0.29) is 0 Å². The molecule has 2 amide bonds. The molecule has 1 aromatic rings. The Balaban J connectivity index is 1.15. The fourth-order valence-corrected chi connectivity index (χ4v) is 8.61. The molecule has 2 bridgehead atoms. The Kier molecular flexibility index (Phi) is 5.04. The molecule has 0 radical (unpaired) electrons. The van der Waals surface area contributed by atoms with E-state index < -0.39 is 21.3 Å². The van der Waals surface area contributed by atoms with Crippen LogP contribution in [0.25, 0.3) is 0 Å². The number of fused-ring (bicyclic) bond motifs is 4. The van der Waals surface area contributed by atoms with Crippen LogP contribution in [-0.2, 0) is 35.7 Å². The van der Waals surface area contributed by atoms with E-state index in [2.05, 4.69) is 33.0 Å². The van der Waals surface area contributed by atoms with Crippen molar-refractivity contribution in [1.82, 2.24) is 14.5 Å². The zero-order valence-electron chi connectivity index (χ0n) is 18.9. The number of nitrogens with one attached hydrogen (secondary N) is 2. The van der Waals surface area contributed by atoms with Gasteiger partial charge in [0.15, 0.2) is 0 Å². The molecular formula is C24H34N4O3S. The van der Waals surface area contributed by atoms with Crippen molar-refractivity contribution in [3.05, 3.63) is 28.3 Å². The molecular weight excluding hydrogens is 424 g/mol. The second kappa shape index (κ2) is 7.71. The summed E-state index contributed by atoms with van der Waals surface area (Å²) < 4.78 is 28.8. The number of hydrogen-bond acceptors (Lipinski definition) is 5. The lowest BCUT2D eigenvalue weighted by Gasteiger charge is -2.50. The van der Waals surface area contributed by atoms with Crippen LogP contribution in [0.4, 0.5) is 10.5 Å². The third kappa shape index (κ3) is 3.46. The number of piperidine rings is 1. The van der Waals surface area contributed by atoms with E-state index in [0.717, 1.165) is 70.1 Å². The number of amides is 2. The van der Waals surface area contributed by atoms with Crippen LogP contribution in [0, 0.1) is 0 Å². The Morgan fingerprint density at radius 3 is 2.09 bits per heavy atom. The first kappa shape index (κ1) is 20.9. The van der Waals surface area contributed by atoms with E-state index in [9.17, 15) is 13.2 Å². The van der Waals surface area contributed by atoms with Gasteiger partial charge in [-0.05, 0) is 93.5 Å². The van der Waals surface area contributed by atoms with Gasteiger partial charge in [0.1, 0.15) is 0 Å². The van der Waals surface area contributed by atoms with E-state index in [0.29, 0.717) is 31.0 Å². The molecule has 5 aliphatic rings. The smallest absolute Gasteiger partial charge is 0.307 e. The van der Waals surface area contributed by atoms with Crippen molar-refractivity contribution >= 4 is 21.7 Å². The van der Waals surface area contributed by atoms with E-state index in [1.807, 2.05) is 0 Å². The highest BCUT2D eigenvalue weighted by molar-refractivity contribution is 7.90. The van der Waals surface area contributed by atoms with Crippen molar-refractivity contribution < 1.29 is 13.2 Å². The van der Waals surface area contributed by atoms with Crippen molar-refractivity contribution in [1.29, 1.82) is 0 Å². The number of benzene rings is 1. The third-order valence-electron chi connectivity index (χ3n) is 8.60. The summed E-state index contributed by atoms with van der Waals surface area (Å²) in [6.07, 6.45) is 9.65. The lowest BCUT2D eigenvalue weighted by atomic mass is 9.96. The lowest BCUT2D eigenvalue weighted by Crippen LogP contribution is -2.63. The number of sulfonamides is 1. The van der Waals surface area contributed by atoms with Crippen LogP contribution in [0.3, 0.4) is 0 Å². The molecule has 2 aliphatic carbocycles. The summed E-state index contributed by atoms with van der Waals surface area (Å²) in [5.74, 6) is 0. The first-order chi connectivity index (χ1) is 15.4. The molecule has 7 nitrogen and oxygen atoms in total. The second-order valence-electron chi connectivity index (χ2n) is 10.6. The van der Waals surface area contributed by atoms with Gasteiger partial charge < -0.3 is 10.2 Å². The van der Waals surface area contributed by atoms with Crippen LogP contribution in [-0.4, -0.2) is 67.8 Å². The standard InChI is InChI=1S/C24H34N4O3S/c1-27-13-19(14-27)28-17-8-9-18(28)12-20(11-17)32(30,31)26-24(29)25-23-21-6-2-4-15(21)10-16-5-3-7-22(16)23/h10,17-20H,2-9,11-14H2,1H3,(H2,25,26,29)/t17-,18?,20?/m0/s1. The second-order valence-corrected chi connectivity index (χ2v) is 12.6. The monoisotopic (exact) mass is 458 g/mol. The fraction of sp³-hybridized carbons (Fsp3) is 0.708. The lowest BCUT2D eigenvalue weighted by molar-refractivity contribution is 0.000515. The van der Waals surface area contributed by atoms with Crippen LogP contribution < -0.4 is 10.0 Å². The van der Waals surface area contributed by atoms with Crippen LogP contribution in [0.2, 0.25) is 0 Å². The Bertz CT molecular complexity index is 1000. The maximum atomic E-state index is 13.2. The first-order valence-corrected chi connectivity index (χ1v) is 13.9. The van der Waals surface area contributed by atoms with Crippen molar-refractivity contribution in [2.45, 2.75) is 87.6 Å². The van der Waals surface area contributed by atoms with Gasteiger partial charge in [0.2, 0.25) is 10.0 Å². The molecule has 2 N–H and O–H groups in total. The number of aryl methyl sites for hydroxylation is 2. The maximum Gasteiger partial charge on any atom is 0.332 e. The van der Waals surface area contributed by atoms with Crippen molar-refractivity contribution in [3.63, 3.8) is 0 Å². The molecule has 3 fully saturated rings. The van der Waals surface area contributed by atoms with Crippen LogP contribution in [0.1, 0.15) is 60.8 Å². The zero-order chi connectivity index (χ0) is 22.0. The first-order valence-electron chi connectivity index (χ1n) is 12.3. The number of urea groups is 1. The van der Waals surface area contributed by atoms with Gasteiger partial charge in [-0.15, -0.1) is 0 Å². The van der Waals surface area contributed by atoms with Crippen molar-refractivity contribution in [2.75, 3.05) is 25.5 Å². The van der Waals surface area contributed by atoms with Crippen LogP contribution in [0.15, 0.2) is 6.07 Å².